The number of hydrogen-bond acceptors (Lipinski definition) is 7. The van der Waals surface area contributed by atoms with Crippen molar-refractivity contribution in [3.8, 4) is 5.75 Å². The van der Waals surface area contributed by atoms with Gasteiger partial charge in [-0.05, 0) is 24.3 Å². The van der Waals surface area contributed by atoms with Crippen LogP contribution in [0.5, 0.6) is 5.75 Å². The maximum atomic E-state index is 5.61. The van der Waals surface area contributed by atoms with Crippen LogP contribution in [0.25, 0.3) is 0 Å². The summed E-state index contributed by atoms with van der Waals surface area (Å²) in [5.41, 5.74) is 6.86. The molecule has 7 heteroatoms. The lowest BCUT2D eigenvalue weighted by Gasteiger charge is -2.35. The number of nitrogens with two attached hydrogens (primary N) is 1. The van der Waals surface area contributed by atoms with Crippen molar-refractivity contribution in [1.82, 2.24) is 15.1 Å². The van der Waals surface area contributed by atoms with Crippen LogP contribution in [0.1, 0.15) is 5.01 Å². The molecule has 0 saturated carbocycles. The Balaban J connectivity index is 1.54. The van der Waals surface area contributed by atoms with E-state index >= 15 is 0 Å². The van der Waals surface area contributed by atoms with E-state index in [1.807, 2.05) is 12.1 Å². The van der Waals surface area contributed by atoms with Gasteiger partial charge in [0.25, 0.3) is 0 Å². The molecular weight excluding hydrogens is 286 g/mol. The minimum atomic E-state index is 0.543. The Morgan fingerprint density at radius 2 is 1.86 bits per heavy atom. The summed E-state index contributed by atoms with van der Waals surface area (Å²) in [5, 5.41) is 9.47. The number of ether oxygens (including phenoxy) is 1. The van der Waals surface area contributed by atoms with E-state index in [2.05, 4.69) is 32.1 Å². The van der Waals surface area contributed by atoms with E-state index in [-0.39, 0.29) is 0 Å². The molecule has 0 spiro atoms. The van der Waals surface area contributed by atoms with Gasteiger partial charge in [0.2, 0.25) is 5.13 Å². The highest BCUT2D eigenvalue weighted by molar-refractivity contribution is 7.15. The molecule has 1 aromatic heterocycles. The van der Waals surface area contributed by atoms with Crippen molar-refractivity contribution in [3.63, 3.8) is 0 Å². The van der Waals surface area contributed by atoms with E-state index in [4.69, 9.17) is 10.5 Å². The molecule has 0 amide bonds. The molecule has 1 saturated heterocycles. The van der Waals surface area contributed by atoms with Gasteiger partial charge >= 0.3 is 0 Å². The first-order chi connectivity index (χ1) is 10.2. The SMILES string of the molecule is COc1ccc(N2CCN(Cc3nnc(N)s3)CC2)cc1. The topological polar surface area (TPSA) is 67.5 Å². The predicted octanol–water partition coefficient (Wildman–Crippen LogP) is 1.45. The highest BCUT2D eigenvalue weighted by Gasteiger charge is 2.18. The summed E-state index contributed by atoms with van der Waals surface area (Å²) in [6.07, 6.45) is 0. The van der Waals surface area contributed by atoms with Crippen molar-refractivity contribution < 1.29 is 4.74 Å². The minimum Gasteiger partial charge on any atom is -0.497 e. The third kappa shape index (κ3) is 3.43. The third-order valence-corrected chi connectivity index (χ3v) is 4.39. The van der Waals surface area contributed by atoms with Crippen LogP contribution in [0.4, 0.5) is 10.8 Å². The quantitative estimate of drug-likeness (QED) is 0.922. The summed E-state index contributed by atoms with van der Waals surface area (Å²) in [7, 11) is 1.69. The number of rotatable bonds is 4. The molecular formula is C14H19N5OS. The molecule has 0 aliphatic carbocycles. The fourth-order valence-electron chi connectivity index (χ4n) is 2.48. The summed E-state index contributed by atoms with van der Waals surface area (Å²) in [5.74, 6) is 0.895. The lowest BCUT2D eigenvalue weighted by Crippen LogP contribution is -2.45. The fourth-order valence-corrected chi connectivity index (χ4v) is 3.13. The van der Waals surface area contributed by atoms with Gasteiger partial charge in [0.15, 0.2) is 0 Å². The molecule has 6 nitrogen and oxygen atoms in total. The number of nitrogen functional groups attached to an aromatic ring is 1. The molecule has 0 atom stereocenters. The molecule has 2 N–H and O–H groups in total. The second kappa shape index (κ2) is 6.28. The summed E-state index contributed by atoms with van der Waals surface area (Å²) < 4.78 is 5.19. The van der Waals surface area contributed by atoms with Crippen molar-refractivity contribution in [2.24, 2.45) is 0 Å². The van der Waals surface area contributed by atoms with Gasteiger partial charge in [-0.3, -0.25) is 4.90 Å². The number of benzene rings is 1. The van der Waals surface area contributed by atoms with Crippen LogP contribution in [0, 0.1) is 0 Å². The van der Waals surface area contributed by atoms with Gasteiger partial charge in [-0.1, -0.05) is 11.3 Å². The van der Waals surface area contributed by atoms with Gasteiger partial charge in [0.05, 0.1) is 13.7 Å². The summed E-state index contributed by atoms with van der Waals surface area (Å²) in [4.78, 5) is 4.78. The first-order valence-electron chi connectivity index (χ1n) is 6.94. The van der Waals surface area contributed by atoms with Gasteiger partial charge in [-0.25, -0.2) is 0 Å². The van der Waals surface area contributed by atoms with Crippen molar-refractivity contribution in [2.75, 3.05) is 43.9 Å². The van der Waals surface area contributed by atoms with Crippen LogP contribution in [-0.4, -0.2) is 48.4 Å². The molecule has 3 rings (SSSR count). The van der Waals surface area contributed by atoms with Crippen LogP contribution in [0.15, 0.2) is 24.3 Å². The number of hydrogen-bond donors (Lipinski definition) is 1. The number of methoxy groups -OCH3 is 1. The van der Waals surface area contributed by atoms with Crippen molar-refractivity contribution in [3.05, 3.63) is 29.3 Å². The Kier molecular flexibility index (Phi) is 4.21. The molecule has 1 aliphatic rings. The predicted molar refractivity (Wildman–Crippen MR) is 84.8 cm³/mol. The van der Waals surface area contributed by atoms with Gasteiger partial charge in [-0.2, -0.15) is 0 Å². The summed E-state index contributed by atoms with van der Waals surface area (Å²) in [6.45, 7) is 4.91. The molecule has 1 aromatic carbocycles. The van der Waals surface area contributed by atoms with Crippen LogP contribution in [-0.2, 0) is 6.54 Å². The monoisotopic (exact) mass is 305 g/mol. The first-order valence-corrected chi connectivity index (χ1v) is 7.75. The molecule has 2 heterocycles. The Bertz CT molecular complexity index is 577. The molecule has 0 unspecified atom stereocenters. The van der Waals surface area contributed by atoms with Crippen LogP contribution in [0.3, 0.4) is 0 Å². The second-order valence-corrected chi connectivity index (χ2v) is 6.09. The molecule has 21 heavy (non-hydrogen) atoms. The Morgan fingerprint density at radius 3 is 2.43 bits per heavy atom. The summed E-state index contributed by atoms with van der Waals surface area (Å²) >= 11 is 1.47. The third-order valence-electron chi connectivity index (χ3n) is 3.65. The fraction of sp³-hybridized carbons (Fsp3) is 0.429. The van der Waals surface area contributed by atoms with E-state index in [1.165, 1.54) is 17.0 Å². The lowest BCUT2D eigenvalue weighted by atomic mass is 10.2. The standard InChI is InChI=1S/C14H19N5OS/c1-20-12-4-2-11(3-5-12)19-8-6-18(7-9-19)10-13-16-17-14(15)21-13/h2-5H,6-10H2,1H3,(H2,15,17). The second-order valence-electron chi connectivity index (χ2n) is 5.00. The highest BCUT2D eigenvalue weighted by Crippen LogP contribution is 2.21. The van der Waals surface area contributed by atoms with Crippen LogP contribution in [0.2, 0.25) is 0 Å². The zero-order valence-corrected chi connectivity index (χ0v) is 12.8. The molecule has 0 radical (unpaired) electrons. The summed E-state index contributed by atoms with van der Waals surface area (Å²) in [6, 6.07) is 8.23. The maximum Gasteiger partial charge on any atom is 0.203 e. The number of nitrogens with zero attached hydrogens (tertiary/aromatic N) is 4. The van der Waals surface area contributed by atoms with E-state index < -0.39 is 0 Å². The van der Waals surface area contributed by atoms with Gasteiger partial charge in [-0.15, -0.1) is 10.2 Å². The van der Waals surface area contributed by atoms with Crippen molar-refractivity contribution >= 4 is 22.2 Å². The van der Waals surface area contributed by atoms with Gasteiger partial charge in [0, 0.05) is 31.9 Å². The number of anilines is 2. The Morgan fingerprint density at radius 1 is 1.14 bits per heavy atom. The highest BCUT2D eigenvalue weighted by atomic mass is 32.1. The van der Waals surface area contributed by atoms with Crippen LogP contribution < -0.4 is 15.4 Å². The molecule has 2 aromatic rings. The zero-order valence-electron chi connectivity index (χ0n) is 12.0. The van der Waals surface area contributed by atoms with E-state index in [1.54, 1.807) is 7.11 Å². The average molecular weight is 305 g/mol. The first kappa shape index (κ1) is 14.1. The lowest BCUT2D eigenvalue weighted by molar-refractivity contribution is 0.249. The smallest absolute Gasteiger partial charge is 0.203 e. The van der Waals surface area contributed by atoms with Gasteiger partial charge < -0.3 is 15.4 Å². The zero-order chi connectivity index (χ0) is 14.7. The molecule has 1 aliphatic heterocycles. The van der Waals surface area contributed by atoms with E-state index in [0.29, 0.717) is 5.13 Å². The van der Waals surface area contributed by atoms with Gasteiger partial charge in [0.1, 0.15) is 10.8 Å². The van der Waals surface area contributed by atoms with Crippen molar-refractivity contribution in [2.45, 2.75) is 6.54 Å². The normalized spacial score (nSPS) is 16.1. The van der Waals surface area contributed by atoms with Crippen LogP contribution >= 0.6 is 11.3 Å². The Hall–Kier alpha value is -1.86. The van der Waals surface area contributed by atoms with E-state index in [0.717, 1.165) is 43.5 Å². The molecule has 0 bridgehead atoms. The minimum absolute atomic E-state index is 0.543. The molecule has 112 valence electrons. The van der Waals surface area contributed by atoms with E-state index in [9.17, 15) is 0 Å². The molecule has 1 fully saturated rings. The average Bonchev–Trinajstić information content (AvgIpc) is 2.93. The number of piperazine rings is 1. The maximum absolute atomic E-state index is 5.61. The van der Waals surface area contributed by atoms with Crippen molar-refractivity contribution in [1.29, 1.82) is 0 Å². The largest absolute Gasteiger partial charge is 0.497 e. The Labute approximate surface area is 128 Å². The number of aromatic nitrogens is 2.